The molecule has 0 atom stereocenters. The van der Waals surface area contributed by atoms with Crippen LogP contribution < -0.4 is 0 Å². The summed E-state index contributed by atoms with van der Waals surface area (Å²) in [5, 5.41) is 11.2. The fourth-order valence-corrected chi connectivity index (χ4v) is 4.53. The number of hydrogen-bond donors (Lipinski definition) is 1. The van der Waals surface area contributed by atoms with Crippen LogP contribution in [0.25, 0.3) is 0 Å². The number of unbranched alkanes of at least 4 members (excludes halogenated alkanes) is 8. The van der Waals surface area contributed by atoms with E-state index in [1.54, 1.807) is 0 Å². The van der Waals surface area contributed by atoms with Gasteiger partial charge in [-0.2, -0.15) is 0 Å². The molecular formula is C27H44O3. The van der Waals surface area contributed by atoms with E-state index in [1.807, 2.05) is 0 Å². The van der Waals surface area contributed by atoms with Crippen LogP contribution in [0, 0.1) is 5.92 Å². The fourth-order valence-electron chi connectivity index (χ4n) is 4.53. The Morgan fingerprint density at radius 1 is 0.900 bits per heavy atom. The van der Waals surface area contributed by atoms with Gasteiger partial charge in [-0.05, 0) is 56.1 Å². The van der Waals surface area contributed by atoms with Crippen LogP contribution in [0.5, 0.6) is 0 Å². The van der Waals surface area contributed by atoms with Crippen molar-refractivity contribution in [3.63, 3.8) is 0 Å². The van der Waals surface area contributed by atoms with Gasteiger partial charge in [0, 0.05) is 0 Å². The Morgan fingerprint density at radius 3 is 2.07 bits per heavy atom. The van der Waals surface area contributed by atoms with E-state index in [1.165, 1.54) is 56.9 Å². The van der Waals surface area contributed by atoms with E-state index >= 15 is 0 Å². The Balaban J connectivity index is 1.71. The van der Waals surface area contributed by atoms with E-state index in [9.17, 15) is 9.90 Å². The summed E-state index contributed by atoms with van der Waals surface area (Å²) >= 11 is 0. The van der Waals surface area contributed by atoms with Crippen LogP contribution in [0.4, 0.5) is 0 Å². The smallest absolute Gasteiger partial charge is 0.308 e. The number of aryl methyl sites for hydroxylation is 1. The summed E-state index contributed by atoms with van der Waals surface area (Å²) in [6.45, 7) is 4.99. The highest BCUT2D eigenvalue weighted by molar-refractivity contribution is 5.72. The normalized spacial score (nSPS) is 21.5. The minimum atomic E-state index is -0.795. The van der Waals surface area contributed by atoms with Crippen LogP contribution in [0.15, 0.2) is 24.3 Å². The van der Waals surface area contributed by atoms with E-state index in [-0.39, 0.29) is 11.9 Å². The number of hydrogen-bond acceptors (Lipinski definition) is 3. The van der Waals surface area contributed by atoms with Crippen LogP contribution in [0.1, 0.15) is 115 Å². The van der Waals surface area contributed by atoms with Gasteiger partial charge in [-0.1, -0.05) is 89.5 Å². The van der Waals surface area contributed by atoms with E-state index in [4.69, 9.17) is 4.74 Å². The highest BCUT2D eigenvalue weighted by atomic mass is 16.5. The van der Waals surface area contributed by atoms with Gasteiger partial charge in [0.05, 0.1) is 18.1 Å². The Kier molecular flexibility index (Phi) is 11.5. The van der Waals surface area contributed by atoms with Gasteiger partial charge in [-0.25, -0.2) is 0 Å². The highest BCUT2D eigenvalue weighted by Gasteiger charge is 2.37. The summed E-state index contributed by atoms with van der Waals surface area (Å²) in [5.41, 5.74) is 1.56. The molecule has 0 unspecified atom stereocenters. The summed E-state index contributed by atoms with van der Waals surface area (Å²) in [6.07, 6.45) is 16.1. The number of carbonyl (C=O) groups is 1. The standard InChI is InChI=1S/C27H44O3/c1-3-5-7-9-11-13-23-14-16-25(17-15-23)27(29)20-18-24(19-21-27)26(28)30-22-12-10-8-6-4-2/h14-17,24,29H,3-13,18-22H2,1-2H3. The molecule has 1 N–H and O–H groups in total. The van der Waals surface area contributed by atoms with Gasteiger partial charge < -0.3 is 9.84 Å². The first kappa shape index (κ1) is 24.9. The summed E-state index contributed by atoms with van der Waals surface area (Å²) in [7, 11) is 0. The molecule has 3 heteroatoms. The van der Waals surface area contributed by atoms with Crippen molar-refractivity contribution in [2.75, 3.05) is 6.61 Å². The van der Waals surface area contributed by atoms with Crippen LogP contribution in [-0.2, 0) is 21.6 Å². The van der Waals surface area contributed by atoms with E-state index in [0.29, 0.717) is 32.3 Å². The molecule has 0 heterocycles. The van der Waals surface area contributed by atoms with Crippen molar-refractivity contribution >= 4 is 5.97 Å². The maximum atomic E-state index is 12.3. The number of ether oxygens (including phenoxy) is 1. The topological polar surface area (TPSA) is 46.5 Å². The number of carbonyl (C=O) groups excluding carboxylic acids is 1. The Labute approximate surface area is 184 Å². The fraction of sp³-hybridized carbons (Fsp3) is 0.741. The minimum absolute atomic E-state index is 0.0525. The zero-order chi connectivity index (χ0) is 21.7. The van der Waals surface area contributed by atoms with Gasteiger partial charge in [0.25, 0.3) is 0 Å². The summed E-state index contributed by atoms with van der Waals surface area (Å²) in [4.78, 5) is 12.3. The molecule has 1 aliphatic carbocycles. The van der Waals surface area contributed by atoms with Crippen molar-refractivity contribution in [2.24, 2.45) is 5.92 Å². The lowest BCUT2D eigenvalue weighted by Crippen LogP contribution is -2.34. The van der Waals surface area contributed by atoms with Crippen molar-refractivity contribution in [3.8, 4) is 0 Å². The van der Waals surface area contributed by atoms with Gasteiger partial charge in [-0.15, -0.1) is 0 Å². The molecule has 1 aliphatic rings. The molecule has 0 radical (unpaired) electrons. The zero-order valence-corrected chi connectivity index (χ0v) is 19.5. The second-order valence-corrected chi connectivity index (χ2v) is 9.25. The second kappa shape index (κ2) is 13.9. The molecule has 0 amide bonds. The molecule has 0 aromatic heterocycles. The molecule has 30 heavy (non-hydrogen) atoms. The summed E-state index contributed by atoms with van der Waals surface area (Å²) in [6, 6.07) is 8.53. The van der Waals surface area contributed by atoms with Crippen molar-refractivity contribution in [1.82, 2.24) is 0 Å². The Bertz CT molecular complexity index is 585. The van der Waals surface area contributed by atoms with Crippen molar-refractivity contribution < 1.29 is 14.6 Å². The molecular weight excluding hydrogens is 372 g/mol. The zero-order valence-electron chi connectivity index (χ0n) is 19.5. The molecule has 1 fully saturated rings. The lowest BCUT2D eigenvalue weighted by Gasteiger charge is -2.35. The lowest BCUT2D eigenvalue weighted by atomic mass is 9.75. The first-order valence-electron chi connectivity index (χ1n) is 12.6. The number of aliphatic hydroxyl groups is 1. The van der Waals surface area contributed by atoms with E-state index in [2.05, 4.69) is 38.1 Å². The average Bonchev–Trinajstić information content (AvgIpc) is 2.77. The molecule has 3 nitrogen and oxygen atoms in total. The maximum Gasteiger partial charge on any atom is 0.308 e. The summed E-state index contributed by atoms with van der Waals surface area (Å²) in [5.74, 6) is -0.116. The SMILES string of the molecule is CCCCCCCOC(=O)C1CCC(O)(c2ccc(CCCCCCC)cc2)CC1. The largest absolute Gasteiger partial charge is 0.465 e. The number of esters is 1. The Morgan fingerprint density at radius 2 is 1.47 bits per heavy atom. The van der Waals surface area contributed by atoms with Gasteiger partial charge in [0.1, 0.15) is 0 Å². The molecule has 1 aromatic rings. The van der Waals surface area contributed by atoms with Gasteiger partial charge in [-0.3, -0.25) is 4.79 Å². The quantitative estimate of drug-likeness (QED) is 0.260. The summed E-state index contributed by atoms with van der Waals surface area (Å²) < 4.78 is 5.49. The third kappa shape index (κ3) is 8.41. The van der Waals surface area contributed by atoms with Crippen LogP contribution in [0.2, 0.25) is 0 Å². The first-order valence-corrected chi connectivity index (χ1v) is 12.6. The van der Waals surface area contributed by atoms with E-state index in [0.717, 1.165) is 24.8 Å². The predicted molar refractivity (Wildman–Crippen MR) is 124 cm³/mol. The van der Waals surface area contributed by atoms with Crippen LogP contribution in [0.3, 0.4) is 0 Å². The second-order valence-electron chi connectivity index (χ2n) is 9.25. The average molecular weight is 417 g/mol. The maximum absolute atomic E-state index is 12.3. The van der Waals surface area contributed by atoms with Crippen LogP contribution in [-0.4, -0.2) is 17.7 Å². The molecule has 1 aromatic carbocycles. The van der Waals surface area contributed by atoms with Gasteiger partial charge >= 0.3 is 5.97 Å². The Hall–Kier alpha value is -1.35. The monoisotopic (exact) mass is 416 g/mol. The first-order chi connectivity index (χ1) is 14.6. The molecule has 0 bridgehead atoms. The molecule has 0 saturated heterocycles. The molecule has 1 saturated carbocycles. The third-order valence-electron chi connectivity index (χ3n) is 6.70. The molecule has 2 rings (SSSR count). The van der Waals surface area contributed by atoms with Gasteiger partial charge in [0.15, 0.2) is 0 Å². The van der Waals surface area contributed by atoms with E-state index < -0.39 is 5.60 Å². The van der Waals surface area contributed by atoms with Crippen molar-refractivity contribution in [3.05, 3.63) is 35.4 Å². The van der Waals surface area contributed by atoms with Gasteiger partial charge in [0.2, 0.25) is 0 Å². The lowest BCUT2D eigenvalue weighted by molar-refractivity contribution is -0.152. The number of rotatable bonds is 14. The minimum Gasteiger partial charge on any atom is -0.465 e. The molecule has 170 valence electrons. The number of benzene rings is 1. The van der Waals surface area contributed by atoms with Crippen LogP contribution >= 0.6 is 0 Å². The van der Waals surface area contributed by atoms with Crippen molar-refractivity contribution in [1.29, 1.82) is 0 Å². The predicted octanol–water partition coefficient (Wildman–Crippen LogP) is 7.09. The molecule has 0 spiro atoms. The van der Waals surface area contributed by atoms with Crippen molar-refractivity contribution in [2.45, 2.75) is 116 Å². The third-order valence-corrected chi connectivity index (χ3v) is 6.70. The molecule has 0 aliphatic heterocycles. The highest BCUT2D eigenvalue weighted by Crippen LogP contribution is 2.40.